The summed E-state index contributed by atoms with van der Waals surface area (Å²) in [7, 11) is 0. The average Bonchev–Trinajstić information content (AvgIpc) is 2.82. The Labute approximate surface area is 120 Å². The third kappa shape index (κ3) is 2.56. The lowest BCUT2D eigenvalue weighted by atomic mass is 10.1. The predicted octanol–water partition coefficient (Wildman–Crippen LogP) is 1.28. The van der Waals surface area contributed by atoms with Crippen LogP contribution in [0.4, 0.5) is 10.3 Å². The number of anilines is 1. The number of aryl methyl sites for hydroxylation is 1. The molecule has 2 aromatic rings. The molecule has 0 N–H and O–H groups in total. The molecule has 3 rings (SSSR count). The molecule has 0 aliphatic carbocycles. The summed E-state index contributed by atoms with van der Waals surface area (Å²) in [6.07, 6.45) is 0.0849. The number of nitrogens with zero attached hydrogens (tertiary/aromatic N) is 3. The summed E-state index contributed by atoms with van der Waals surface area (Å²) in [5, 5.41) is 0. The standard InChI is InChI=1S/C15H14FN3O2/c1-10-7-13(20)18-5-6-19(15(18)17-10)14(21)9-11-3-2-4-12(16)8-11/h2-4,7-8H,5-6,9H2,1H3. The lowest BCUT2D eigenvalue weighted by Gasteiger charge is -2.15. The second-order valence-corrected chi connectivity index (χ2v) is 5.04. The quantitative estimate of drug-likeness (QED) is 0.836. The maximum atomic E-state index is 13.2. The molecule has 0 bridgehead atoms. The van der Waals surface area contributed by atoms with Gasteiger partial charge in [0, 0.05) is 24.8 Å². The number of fused-ring (bicyclic) bond motifs is 1. The molecule has 0 unspecified atom stereocenters. The van der Waals surface area contributed by atoms with Crippen LogP contribution in [0.3, 0.4) is 0 Å². The van der Waals surface area contributed by atoms with Crippen molar-refractivity contribution in [2.45, 2.75) is 19.9 Å². The number of amides is 1. The van der Waals surface area contributed by atoms with Gasteiger partial charge >= 0.3 is 0 Å². The van der Waals surface area contributed by atoms with Gasteiger partial charge in [-0.15, -0.1) is 0 Å². The Bertz CT molecular complexity index is 770. The molecule has 0 radical (unpaired) electrons. The molecule has 0 atom stereocenters. The van der Waals surface area contributed by atoms with E-state index in [2.05, 4.69) is 4.98 Å². The van der Waals surface area contributed by atoms with E-state index in [1.165, 1.54) is 27.7 Å². The largest absolute Gasteiger partial charge is 0.280 e. The molecule has 0 fully saturated rings. The van der Waals surface area contributed by atoms with Crippen molar-refractivity contribution in [3.05, 3.63) is 57.8 Å². The average molecular weight is 287 g/mol. The van der Waals surface area contributed by atoms with E-state index in [0.717, 1.165) is 0 Å². The lowest BCUT2D eigenvalue weighted by molar-refractivity contribution is -0.117. The molecule has 0 spiro atoms. The van der Waals surface area contributed by atoms with Crippen LogP contribution in [0.2, 0.25) is 0 Å². The Kier molecular flexibility index (Phi) is 3.29. The first-order valence-corrected chi connectivity index (χ1v) is 6.68. The van der Waals surface area contributed by atoms with E-state index in [4.69, 9.17) is 0 Å². The highest BCUT2D eigenvalue weighted by molar-refractivity contribution is 5.93. The van der Waals surface area contributed by atoms with Crippen LogP contribution in [0.25, 0.3) is 0 Å². The second-order valence-electron chi connectivity index (χ2n) is 5.04. The van der Waals surface area contributed by atoms with Crippen molar-refractivity contribution in [3.63, 3.8) is 0 Å². The number of carbonyl (C=O) groups is 1. The van der Waals surface area contributed by atoms with E-state index in [1.54, 1.807) is 19.1 Å². The summed E-state index contributed by atoms with van der Waals surface area (Å²) < 4.78 is 14.6. The van der Waals surface area contributed by atoms with E-state index in [0.29, 0.717) is 30.3 Å². The Morgan fingerprint density at radius 3 is 2.90 bits per heavy atom. The van der Waals surface area contributed by atoms with Gasteiger partial charge in [-0.05, 0) is 24.6 Å². The highest BCUT2D eigenvalue weighted by Gasteiger charge is 2.27. The number of carbonyl (C=O) groups excluding carboxylic acids is 1. The van der Waals surface area contributed by atoms with Gasteiger partial charge in [0.2, 0.25) is 11.9 Å². The number of hydrogen-bond acceptors (Lipinski definition) is 3. The minimum absolute atomic E-state index is 0.0849. The van der Waals surface area contributed by atoms with Crippen molar-refractivity contribution < 1.29 is 9.18 Å². The van der Waals surface area contributed by atoms with E-state index in [1.807, 2.05) is 0 Å². The monoisotopic (exact) mass is 287 g/mol. The van der Waals surface area contributed by atoms with Crippen LogP contribution in [-0.2, 0) is 17.8 Å². The van der Waals surface area contributed by atoms with Gasteiger partial charge in [-0.3, -0.25) is 19.1 Å². The van der Waals surface area contributed by atoms with Crippen LogP contribution in [0.15, 0.2) is 35.1 Å². The Hall–Kier alpha value is -2.50. The molecule has 1 aliphatic rings. The number of aromatic nitrogens is 2. The van der Waals surface area contributed by atoms with Crippen LogP contribution in [0.1, 0.15) is 11.3 Å². The fraction of sp³-hybridized carbons (Fsp3) is 0.267. The van der Waals surface area contributed by atoms with Gasteiger partial charge in [0.25, 0.3) is 5.56 Å². The van der Waals surface area contributed by atoms with Crippen LogP contribution in [0, 0.1) is 12.7 Å². The molecule has 1 aromatic carbocycles. The fourth-order valence-electron chi connectivity index (χ4n) is 2.48. The van der Waals surface area contributed by atoms with Crippen molar-refractivity contribution in [1.82, 2.24) is 9.55 Å². The van der Waals surface area contributed by atoms with Crippen LogP contribution >= 0.6 is 0 Å². The molecule has 1 amide bonds. The minimum atomic E-state index is -0.368. The zero-order valence-corrected chi connectivity index (χ0v) is 11.5. The first-order chi connectivity index (χ1) is 10.0. The molecule has 1 aliphatic heterocycles. The number of halogens is 1. The van der Waals surface area contributed by atoms with Crippen LogP contribution in [-0.4, -0.2) is 22.0 Å². The van der Waals surface area contributed by atoms with Gasteiger partial charge in [-0.1, -0.05) is 12.1 Å². The van der Waals surface area contributed by atoms with Crippen molar-refractivity contribution >= 4 is 11.9 Å². The second kappa shape index (κ2) is 5.12. The lowest BCUT2D eigenvalue weighted by Crippen LogP contribution is -2.31. The summed E-state index contributed by atoms with van der Waals surface area (Å²) in [6.45, 7) is 2.58. The zero-order valence-electron chi connectivity index (χ0n) is 11.5. The Balaban J connectivity index is 1.87. The highest BCUT2D eigenvalue weighted by atomic mass is 19.1. The minimum Gasteiger partial charge on any atom is -0.280 e. The SMILES string of the molecule is Cc1cc(=O)n2c(n1)N(C(=O)Cc1cccc(F)c1)CC2. The fourth-order valence-corrected chi connectivity index (χ4v) is 2.48. The third-order valence-electron chi connectivity index (χ3n) is 3.45. The summed E-state index contributed by atoms with van der Waals surface area (Å²) >= 11 is 0. The molecule has 21 heavy (non-hydrogen) atoms. The van der Waals surface area contributed by atoms with Crippen LogP contribution < -0.4 is 10.5 Å². The maximum Gasteiger partial charge on any atom is 0.255 e. The van der Waals surface area contributed by atoms with Crippen LogP contribution in [0.5, 0.6) is 0 Å². The third-order valence-corrected chi connectivity index (χ3v) is 3.45. The van der Waals surface area contributed by atoms with E-state index < -0.39 is 0 Å². The van der Waals surface area contributed by atoms with Gasteiger partial charge < -0.3 is 0 Å². The molecular formula is C15H14FN3O2. The molecule has 2 heterocycles. The molecule has 1 aromatic heterocycles. The molecule has 0 saturated heterocycles. The molecule has 6 heteroatoms. The Morgan fingerprint density at radius 2 is 2.14 bits per heavy atom. The first kappa shape index (κ1) is 13.5. The van der Waals surface area contributed by atoms with Crippen molar-refractivity contribution in [2.75, 3.05) is 11.4 Å². The van der Waals surface area contributed by atoms with Gasteiger partial charge in [0.1, 0.15) is 5.82 Å². The number of benzene rings is 1. The number of rotatable bonds is 2. The summed E-state index contributed by atoms with van der Waals surface area (Å²) in [5.74, 6) is -0.182. The van der Waals surface area contributed by atoms with Crippen molar-refractivity contribution in [1.29, 1.82) is 0 Å². The first-order valence-electron chi connectivity index (χ1n) is 6.68. The summed E-state index contributed by atoms with van der Waals surface area (Å²) in [6, 6.07) is 7.40. The van der Waals surface area contributed by atoms with E-state index in [9.17, 15) is 14.0 Å². The van der Waals surface area contributed by atoms with Gasteiger partial charge in [0.15, 0.2) is 0 Å². The van der Waals surface area contributed by atoms with E-state index in [-0.39, 0.29) is 23.7 Å². The van der Waals surface area contributed by atoms with Gasteiger partial charge in [-0.25, -0.2) is 9.37 Å². The predicted molar refractivity (Wildman–Crippen MR) is 75.7 cm³/mol. The maximum absolute atomic E-state index is 13.2. The Morgan fingerprint density at radius 1 is 1.33 bits per heavy atom. The van der Waals surface area contributed by atoms with E-state index >= 15 is 0 Å². The summed E-state index contributed by atoms with van der Waals surface area (Å²) in [4.78, 5) is 30.0. The smallest absolute Gasteiger partial charge is 0.255 e. The topological polar surface area (TPSA) is 55.2 Å². The highest BCUT2D eigenvalue weighted by Crippen LogP contribution is 2.18. The van der Waals surface area contributed by atoms with Crippen molar-refractivity contribution in [3.8, 4) is 0 Å². The molecule has 108 valence electrons. The molecule has 5 nitrogen and oxygen atoms in total. The normalized spacial score (nSPS) is 13.3. The number of hydrogen-bond donors (Lipinski definition) is 0. The van der Waals surface area contributed by atoms with Crippen molar-refractivity contribution in [2.24, 2.45) is 0 Å². The molecular weight excluding hydrogens is 273 g/mol. The van der Waals surface area contributed by atoms with Gasteiger partial charge in [-0.2, -0.15) is 0 Å². The van der Waals surface area contributed by atoms with Gasteiger partial charge in [0.05, 0.1) is 6.42 Å². The summed E-state index contributed by atoms with van der Waals surface area (Å²) in [5.41, 5.74) is 1.03. The zero-order chi connectivity index (χ0) is 15.0. The molecule has 0 saturated carbocycles.